The Balaban J connectivity index is 1.51. The second-order valence-corrected chi connectivity index (χ2v) is 7.96. The summed E-state index contributed by atoms with van der Waals surface area (Å²) in [5.41, 5.74) is 4.63. The summed E-state index contributed by atoms with van der Waals surface area (Å²) in [7, 11) is 0. The fourth-order valence-corrected chi connectivity index (χ4v) is 4.11. The first-order valence-electron chi connectivity index (χ1n) is 10.1. The van der Waals surface area contributed by atoms with Crippen molar-refractivity contribution in [1.82, 2.24) is 4.98 Å². The Hall–Kier alpha value is -3.46. The third-order valence-electron chi connectivity index (χ3n) is 5.42. The molecule has 0 bridgehead atoms. The van der Waals surface area contributed by atoms with Crippen molar-refractivity contribution in [2.75, 3.05) is 0 Å². The van der Waals surface area contributed by atoms with Crippen molar-refractivity contribution in [2.45, 2.75) is 51.7 Å². The van der Waals surface area contributed by atoms with E-state index in [1.54, 1.807) is 6.07 Å². The number of H-pyrrole nitrogens is 1. The highest BCUT2D eigenvalue weighted by Gasteiger charge is 2.28. The number of aromatic amines is 1. The lowest BCUT2D eigenvalue weighted by Gasteiger charge is -2.12. The van der Waals surface area contributed by atoms with Crippen LogP contribution in [0.2, 0.25) is 0 Å². The number of carboxylic acids is 1. The van der Waals surface area contributed by atoms with Crippen LogP contribution in [0.1, 0.15) is 55.0 Å². The predicted molar refractivity (Wildman–Crippen MR) is 113 cm³/mol. The minimum absolute atomic E-state index is 0.00380. The van der Waals surface area contributed by atoms with Crippen molar-refractivity contribution in [1.29, 1.82) is 5.26 Å². The molecule has 154 valence electrons. The molecule has 0 spiro atoms. The number of nitrogens with one attached hydrogen (secondary N) is 1. The molecule has 2 aromatic carbocycles. The second kappa shape index (κ2) is 8.11. The van der Waals surface area contributed by atoms with Gasteiger partial charge in [0.25, 0.3) is 0 Å². The van der Waals surface area contributed by atoms with E-state index < -0.39 is 5.97 Å². The number of nitrogens with zero attached hydrogens (tertiary/aromatic N) is 1. The number of fused-ring (bicyclic) bond motifs is 3. The number of carbonyl (C=O) groups is 1. The highest BCUT2D eigenvalue weighted by molar-refractivity contribution is 5.87. The van der Waals surface area contributed by atoms with Gasteiger partial charge in [0.1, 0.15) is 24.2 Å². The van der Waals surface area contributed by atoms with Crippen LogP contribution in [-0.2, 0) is 17.8 Å². The van der Waals surface area contributed by atoms with Crippen LogP contribution < -0.4 is 9.47 Å². The van der Waals surface area contributed by atoms with Gasteiger partial charge in [-0.1, -0.05) is 6.07 Å². The van der Waals surface area contributed by atoms with Gasteiger partial charge in [-0.2, -0.15) is 5.26 Å². The number of nitriles is 1. The van der Waals surface area contributed by atoms with Crippen molar-refractivity contribution in [2.24, 2.45) is 0 Å². The Morgan fingerprint density at radius 1 is 1.30 bits per heavy atom. The molecular formula is C24H24N2O4. The molecule has 0 amide bonds. The quantitative estimate of drug-likeness (QED) is 0.583. The van der Waals surface area contributed by atoms with Gasteiger partial charge >= 0.3 is 5.97 Å². The molecule has 1 aliphatic rings. The van der Waals surface area contributed by atoms with Crippen LogP contribution in [0.5, 0.6) is 11.5 Å². The van der Waals surface area contributed by atoms with Crippen LogP contribution in [0.4, 0.5) is 0 Å². The lowest BCUT2D eigenvalue weighted by molar-refractivity contribution is -0.137. The summed E-state index contributed by atoms with van der Waals surface area (Å²) in [5, 5.41) is 19.6. The van der Waals surface area contributed by atoms with Gasteiger partial charge < -0.3 is 19.6 Å². The molecule has 1 atom stereocenters. The van der Waals surface area contributed by atoms with E-state index in [1.807, 2.05) is 44.2 Å². The zero-order valence-electron chi connectivity index (χ0n) is 17.1. The number of aryl methyl sites for hydroxylation is 1. The molecule has 3 aromatic rings. The molecule has 6 nitrogen and oxygen atoms in total. The van der Waals surface area contributed by atoms with E-state index >= 15 is 0 Å². The molecule has 0 radical (unpaired) electrons. The molecule has 0 unspecified atom stereocenters. The van der Waals surface area contributed by atoms with Crippen LogP contribution in [0.15, 0.2) is 36.4 Å². The molecule has 1 aromatic heterocycles. The normalized spacial score (nSPS) is 15.2. The maximum atomic E-state index is 11.1. The minimum Gasteiger partial charge on any atom is -0.490 e. The van der Waals surface area contributed by atoms with Crippen molar-refractivity contribution < 1.29 is 19.4 Å². The number of aliphatic carboxylic acids is 1. The molecule has 6 heteroatoms. The van der Waals surface area contributed by atoms with Crippen molar-refractivity contribution in [3.63, 3.8) is 0 Å². The summed E-state index contributed by atoms with van der Waals surface area (Å²) in [4.78, 5) is 14.5. The van der Waals surface area contributed by atoms with Crippen molar-refractivity contribution in [3.8, 4) is 17.6 Å². The molecule has 4 rings (SSSR count). The first-order valence-corrected chi connectivity index (χ1v) is 10.1. The smallest absolute Gasteiger partial charge is 0.304 e. The summed E-state index contributed by atoms with van der Waals surface area (Å²) >= 11 is 0. The van der Waals surface area contributed by atoms with Crippen LogP contribution in [-0.4, -0.2) is 22.2 Å². The summed E-state index contributed by atoms with van der Waals surface area (Å²) in [6, 6.07) is 13.6. The Labute approximate surface area is 175 Å². The van der Waals surface area contributed by atoms with Crippen molar-refractivity contribution >= 4 is 16.9 Å². The maximum Gasteiger partial charge on any atom is 0.304 e. The standard InChI is InChI=1S/C24H24N2O4/c1-14(2)30-22-8-3-15(9-17(22)12-25)13-29-18-5-7-21-20(11-18)19-6-4-16(10-23(27)28)24(19)26-21/h3,5,7-9,11,14,16,26H,4,6,10,13H2,1-2H3,(H,27,28)/t16-/m1/s1. The SMILES string of the molecule is CC(C)Oc1ccc(COc2ccc3[nH]c4c(c3c2)CC[C@@H]4CC(=O)O)cc1C#N. The number of benzene rings is 2. The number of ether oxygens (including phenoxy) is 2. The zero-order chi connectivity index (χ0) is 21.3. The van der Waals surface area contributed by atoms with E-state index in [0.717, 1.165) is 40.8 Å². The Morgan fingerprint density at radius 3 is 2.87 bits per heavy atom. The van der Waals surface area contributed by atoms with Crippen LogP contribution >= 0.6 is 0 Å². The van der Waals surface area contributed by atoms with E-state index in [-0.39, 0.29) is 18.4 Å². The number of carboxylic acid groups (broad SMARTS) is 1. The lowest BCUT2D eigenvalue weighted by Crippen LogP contribution is -2.07. The molecule has 0 saturated carbocycles. The molecule has 1 aliphatic carbocycles. The van der Waals surface area contributed by atoms with E-state index in [9.17, 15) is 10.1 Å². The zero-order valence-corrected chi connectivity index (χ0v) is 17.1. The highest BCUT2D eigenvalue weighted by atomic mass is 16.5. The predicted octanol–water partition coefficient (Wildman–Crippen LogP) is 4.91. The third-order valence-corrected chi connectivity index (χ3v) is 5.42. The summed E-state index contributed by atoms with van der Waals surface area (Å²) in [5.74, 6) is 0.603. The molecule has 2 N–H and O–H groups in total. The van der Waals surface area contributed by atoms with Gasteiger partial charge in [-0.3, -0.25) is 4.79 Å². The monoisotopic (exact) mass is 404 g/mol. The van der Waals surface area contributed by atoms with E-state index in [4.69, 9.17) is 14.6 Å². The average molecular weight is 404 g/mol. The molecular weight excluding hydrogens is 380 g/mol. The average Bonchev–Trinajstić information content (AvgIpc) is 3.26. The molecule has 1 heterocycles. The van der Waals surface area contributed by atoms with Gasteiger partial charge in [0.05, 0.1) is 18.1 Å². The number of hydrogen-bond acceptors (Lipinski definition) is 4. The summed E-state index contributed by atoms with van der Waals surface area (Å²) < 4.78 is 11.6. The first-order chi connectivity index (χ1) is 14.4. The lowest BCUT2D eigenvalue weighted by atomic mass is 10.0. The van der Waals surface area contributed by atoms with Gasteiger partial charge in [-0.15, -0.1) is 0 Å². The minimum atomic E-state index is -0.767. The largest absolute Gasteiger partial charge is 0.490 e. The fourth-order valence-electron chi connectivity index (χ4n) is 4.11. The van der Waals surface area contributed by atoms with Crippen LogP contribution in [0.25, 0.3) is 10.9 Å². The molecule has 0 aliphatic heterocycles. The highest BCUT2D eigenvalue weighted by Crippen LogP contribution is 2.40. The number of aromatic nitrogens is 1. The first kappa shape index (κ1) is 19.8. The molecule has 0 saturated heterocycles. The van der Waals surface area contributed by atoms with E-state index in [1.165, 1.54) is 5.56 Å². The fraction of sp³-hybridized carbons (Fsp3) is 0.333. The van der Waals surface area contributed by atoms with Crippen LogP contribution in [0.3, 0.4) is 0 Å². The molecule has 30 heavy (non-hydrogen) atoms. The van der Waals surface area contributed by atoms with Gasteiger partial charge in [-0.05, 0) is 68.1 Å². The number of rotatable bonds is 7. The van der Waals surface area contributed by atoms with E-state index in [2.05, 4.69) is 11.1 Å². The Morgan fingerprint density at radius 2 is 2.13 bits per heavy atom. The van der Waals surface area contributed by atoms with E-state index in [0.29, 0.717) is 17.9 Å². The Kier molecular flexibility index (Phi) is 5.37. The van der Waals surface area contributed by atoms with Gasteiger partial charge in [0.2, 0.25) is 0 Å². The van der Waals surface area contributed by atoms with Gasteiger partial charge in [0, 0.05) is 22.5 Å². The third kappa shape index (κ3) is 3.97. The van der Waals surface area contributed by atoms with Gasteiger partial charge in [0.15, 0.2) is 0 Å². The maximum absolute atomic E-state index is 11.1. The topological polar surface area (TPSA) is 95.3 Å². The van der Waals surface area contributed by atoms with Crippen molar-refractivity contribution in [3.05, 3.63) is 58.8 Å². The summed E-state index contributed by atoms with van der Waals surface area (Å²) in [6.07, 6.45) is 1.89. The summed E-state index contributed by atoms with van der Waals surface area (Å²) in [6.45, 7) is 4.20. The Bertz CT molecular complexity index is 1140. The van der Waals surface area contributed by atoms with Crippen LogP contribution in [0, 0.1) is 11.3 Å². The number of hydrogen-bond donors (Lipinski definition) is 2. The second-order valence-electron chi connectivity index (χ2n) is 7.96. The molecule has 0 fully saturated rings. The van der Waals surface area contributed by atoms with Gasteiger partial charge in [-0.25, -0.2) is 0 Å².